The Balaban J connectivity index is 2.84. The first-order valence-corrected chi connectivity index (χ1v) is 6.78. The topological polar surface area (TPSA) is 94.3 Å². The predicted octanol–water partition coefficient (Wildman–Crippen LogP) is 1.38. The Morgan fingerprint density at radius 1 is 1.30 bits per heavy atom. The number of ether oxygens (including phenoxy) is 2. The van der Waals surface area contributed by atoms with Gasteiger partial charge in [0.15, 0.2) is 5.82 Å². The second-order valence-corrected chi connectivity index (χ2v) is 4.79. The molecule has 0 aromatic carbocycles. The lowest BCUT2D eigenvalue weighted by Gasteiger charge is -2.23. The van der Waals surface area contributed by atoms with Crippen molar-refractivity contribution < 1.29 is 9.47 Å². The van der Waals surface area contributed by atoms with E-state index in [0.717, 1.165) is 0 Å². The zero-order valence-electron chi connectivity index (χ0n) is 12.6. The number of nitrogen functional groups attached to an aromatic ring is 1. The lowest BCUT2D eigenvalue weighted by molar-refractivity contribution is 0.126. The molecule has 1 rings (SSSR count). The molecule has 0 fully saturated rings. The van der Waals surface area contributed by atoms with E-state index in [1.165, 1.54) is 0 Å². The molecule has 7 heteroatoms. The second kappa shape index (κ2) is 8.68. The van der Waals surface area contributed by atoms with E-state index in [-0.39, 0.29) is 6.04 Å². The molecule has 0 radical (unpaired) electrons. The first-order chi connectivity index (χ1) is 9.60. The van der Waals surface area contributed by atoms with Crippen LogP contribution >= 0.6 is 0 Å². The van der Waals surface area contributed by atoms with Crippen LogP contribution in [-0.2, 0) is 16.1 Å². The lowest BCUT2D eigenvalue weighted by Crippen LogP contribution is -2.31. The average molecular weight is 283 g/mol. The van der Waals surface area contributed by atoms with Crippen LogP contribution in [0.1, 0.15) is 26.6 Å². The fourth-order valence-electron chi connectivity index (χ4n) is 1.67. The molecule has 4 N–H and O–H groups in total. The van der Waals surface area contributed by atoms with Gasteiger partial charge in [-0.1, -0.05) is 13.8 Å². The number of nitrogens with two attached hydrogens (primary N) is 1. The molecule has 20 heavy (non-hydrogen) atoms. The number of hydrogen-bond acceptors (Lipinski definition) is 7. The fraction of sp³-hybridized carbons (Fsp3) is 0.692. The first-order valence-electron chi connectivity index (χ1n) is 6.78. The van der Waals surface area contributed by atoms with Crippen molar-refractivity contribution in [2.75, 3.05) is 31.1 Å². The summed E-state index contributed by atoms with van der Waals surface area (Å²) in [6, 6.07) is 1.94. The van der Waals surface area contributed by atoms with Crippen LogP contribution in [0.2, 0.25) is 0 Å². The van der Waals surface area contributed by atoms with E-state index in [1.54, 1.807) is 13.2 Å². The molecule has 0 bridgehead atoms. The summed E-state index contributed by atoms with van der Waals surface area (Å²) in [6.07, 6.45) is 0. The SMILES string of the molecule is CCOCC(Nc1cc(NN)nc(COC)n1)C(C)C. The Labute approximate surface area is 120 Å². The number of anilines is 2. The minimum absolute atomic E-state index is 0.172. The summed E-state index contributed by atoms with van der Waals surface area (Å²) in [5.41, 5.74) is 2.53. The van der Waals surface area contributed by atoms with Gasteiger partial charge in [-0.15, -0.1) is 0 Å². The van der Waals surface area contributed by atoms with E-state index >= 15 is 0 Å². The third-order valence-corrected chi connectivity index (χ3v) is 2.83. The second-order valence-electron chi connectivity index (χ2n) is 4.79. The van der Waals surface area contributed by atoms with Gasteiger partial charge in [0, 0.05) is 19.8 Å². The van der Waals surface area contributed by atoms with Crippen molar-refractivity contribution in [3.63, 3.8) is 0 Å². The van der Waals surface area contributed by atoms with Crippen LogP contribution in [0.3, 0.4) is 0 Å². The van der Waals surface area contributed by atoms with Crippen LogP contribution in [0.15, 0.2) is 6.07 Å². The summed E-state index contributed by atoms with van der Waals surface area (Å²) < 4.78 is 10.5. The molecule has 0 spiro atoms. The Morgan fingerprint density at radius 3 is 2.55 bits per heavy atom. The molecule has 0 aliphatic rings. The zero-order valence-corrected chi connectivity index (χ0v) is 12.6. The van der Waals surface area contributed by atoms with Gasteiger partial charge in [0.05, 0.1) is 12.6 Å². The molecule has 1 unspecified atom stereocenters. The number of aromatic nitrogens is 2. The highest BCUT2D eigenvalue weighted by Gasteiger charge is 2.15. The Hall–Kier alpha value is -1.44. The molecule has 0 saturated carbocycles. The van der Waals surface area contributed by atoms with E-state index in [4.69, 9.17) is 15.3 Å². The summed E-state index contributed by atoms with van der Waals surface area (Å²) in [5, 5.41) is 3.36. The third kappa shape index (κ3) is 5.28. The fourth-order valence-corrected chi connectivity index (χ4v) is 1.67. The number of methoxy groups -OCH3 is 1. The quantitative estimate of drug-likeness (QED) is 0.465. The van der Waals surface area contributed by atoms with Crippen molar-refractivity contribution in [1.82, 2.24) is 9.97 Å². The summed E-state index contributed by atoms with van der Waals surface area (Å²) in [5.74, 6) is 7.66. The van der Waals surface area contributed by atoms with Gasteiger partial charge < -0.3 is 20.2 Å². The van der Waals surface area contributed by atoms with Crippen LogP contribution in [0.5, 0.6) is 0 Å². The Bertz CT molecular complexity index is 400. The molecule has 0 aliphatic heterocycles. The maximum absolute atomic E-state index is 5.49. The van der Waals surface area contributed by atoms with Gasteiger partial charge in [0.2, 0.25) is 0 Å². The summed E-state index contributed by atoms with van der Waals surface area (Å²) in [7, 11) is 1.60. The van der Waals surface area contributed by atoms with Crippen LogP contribution < -0.4 is 16.6 Å². The summed E-state index contributed by atoms with van der Waals surface area (Å²) in [6.45, 7) is 7.91. The Morgan fingerprint density at radius 2 is 2.00 bits per heavy atom. The maximum Gasteiger partial charge on any atom is 0.158 e. The van der Waals surface area contributed by atoms with Crippen LogP contribution in [0.25, 0.3) is 0 Å². The predicted molar refractivity (Wildman–Crippen MR) is 79.3 cm³/mol. The van der Waals surface area contributed by atoms with Crippen molar-refractivity contribution >= 4 is 11.6 Å². The molecular formula is C13H25N5O2. The number of hydrogen-bond donors (Lipinski definition) is 3. The van der Waals surface area contributed by atoms with E-state index < -0.39 is 0 Å². The molecule has 1 atom stereocenters. The van der Waals surface area contributed by atoms with Gasteiger partial charge in [-0.25, -0.2) is 15.8 Å². The highest BCUT2D eigenvalue weighted by Crippen LogP contribution is 2.15. The van der Waals surface area contributed by atoms with E-state index in [2.05, 4.69) is 34.6 Å². The van der Waals surface area contributed by atoms with E-state index in [9.17, 15) is 0 Å². The van der Waals surface area contributed by atoms with Gasteiger partial charge in [-0.2, -0.15) is 0 Å². The highest BCUT2D eigenvalue weighted by atomic mass is 16.5. The standard InChI is InChI=1S/C13H25N5O2/c1-5-20-7-10(9(2)3)15-11-6-12(18-14)17-13(16-11)8-19-4/h6,9-10H,5,7-8,14H2,1-4H3,(H2,15,16,17,18). The summed E-state index contributed by atoms with van der Waals surface area (Å²) >= 11 is 0. The van der Waals surface area contributed by atoms with Gasteiger partial charge in [-0.05, 0) is 12.8 Å². The number of nitrogens with zero attached hydrogens (tertiary/aromatic N) is 2. The molecule has 0 saturated heterocycles. The average Bonchev–Trinajstić information content (AvgIpc) is 2.43. The third-order valence-electron chi connectivity index (χ3n) is 2.83. The molecule has 1 heterocycles. The number of hydrazine groups is 1. The first kappa shape index (κ1) is 16.6. The number of rotatable bonds is 9. The van der Waals surface area contributed by atoms with Gasteiger partial charge in [0.25, 0.3) is 0 Å². The molecule has 0 amide bonds. The normalized spacial score (nSPS) is 12.5. The van der Waals surface area contributed by atoms with E-state index in [0.29, 0.717) is 43.2 Å². The smallest absolute Gasteiger partial charge is 0.158 e. The van der Waals surface area contributed by atoms with Crippen molar-refractivity contribution in [3.8, 4) is 0 Å². The molecular weight excluding hydrogens is 258 g/mol. The molecule has 114 valence electrons. The highest BCUT2D eigenvalue weighted by molar-refractivity contribution is 5.47. The minimum atomic E-state index is 0.172. The van der Waals surface area contributed by atoms with Crippen LogP contribution in [-0.4, -0.2) is 36.3 Å². The monoisotopic (exact) mass is 283 g/mol. The van der Waals surface area contributed by atoms with Crippen molar-refractivity contribution in [2.45, 2.75) is 33.4 Å². The molecule has 1 aromatic heterocycles. The van der Waals surface area contributed by atoms with E-state index in [1.807, 2.05) is 6.92 Å². The minimum Gasteiger partial charge on any atom is -0.380 e. The summed E-state index contributed by atoms with van der Waals surface area (Å²) in [4.78, 5) is 8.62. The van der Waals surface area contributed by atoms with Crippen LogP contribution in [0, 0.1) is 5.92 Å². The molecule has 7 nitrogen and oxygen atoms in total. The van der Waals surface area contributed by atoms with Gasteiger partial charge in [-0.3, -0.25) is 0 Å². The zero-order chi connectivity index (χ0) is 15.0. The van der Waals surface area contributed by atoms with Gasteiger partial charge >= 0.3 is 0 Å². The van der Waals surface area contributed by atoms with Crippen LogP contribution in [0.4, 0.5) is 11.6 Å². The number of nitrogens with one attached hydrogen (secondary N) is 2. The van der Waals surface area contributed by atoms with Gasteiger partial charge in [0.1, 0.15) is 18.2 Å². The Kier molecular flexibility index (Phi) is 7.21. The lowest BCUT2D eigenvalue weighted by atomic mass is 10.1. The largest absolute Gasteiger partial charge is 0.380 e. The maximum atomic E-state index is 5.49. The van der Waals surface area contributed by atoms with Crippen molar-refractivity contribution in [1.29, 1.82) is 0 Å². The van der Waals surface area contributed by atoms with Crippen molar-refractivity contribution in [3.05, 3.63) is 11.9 Å². The molecule has 1 aromatic rings. The molecule has 0 aliphatic carbocycles. The van der Waals surface area contributed by atoms with Crippen molar-refractivity contribution in [2.24, 2.45) is 11.8 Å².